The molecule has 0 aliphatic rings. The minimum absolute atomic E-state index is 0.209. The van der Waals surface area contributed by atoms with E-state index in [1.165, 1.54) is 0 Å². The van der Waals surface area contributed by atoms with Crippen molar-refractivity contribution in [1.82, 2.24) is 10.3 Å². The molecule has 1 heterocycles. The highest BCUT2D eigenvalue weighted by atomic mass is 16.5. The van der Waals surface area contributed by atoms with Gasteiger partial charge in [0, 0.05) is 32.5 Å². The van der Waals surface area contributed by atoms with E-state index in [0.29, 0.717) is 19.8 Å². The Morgan fingerprint density at radius 2 is 2.11 bits per heavy atom. The number of aryl methyl sites for hydroxylation is 1. The van der Waals surface area contributed by atoms with E-state index in [9.17, 15) is 0 Å². The van der Waals surface area contributed by atoms with Crippen molar-refractivity contribution in [2.75, 3.05) is 33.5 Å². The van der Waals surface area contributed by atoms with Gasteiger partial charge < -0.3 is 19.9 Å². The summed E-state index contributed by atoms with van der Waals surface area (Å²) in [6.07, 6.45) is 1.61. The molecule has 19 heavy (non-hydrogen) atoms. The smallest absolute Gasteiger partial charge is 0.142 e. The Balaban J connectivity index is 2.48. The molecule has 0 atom stereocenters. The fourth-order valence-corrected chi connectivity index (χ4v) is 1.63. The van der Waals surface area contributed by atoms with Gasteiger partial charge in [-0.05, 0) is 31.9 Å². The lowest BCUT2D eigenvalue weighted by molar-refractivity contribution is 0.198. The second-order valence-electron chi connectivity index (χ2n) is 4.35. The highest BCUT2D eigenvalue weighted by molar-refractivity contribution is 5.29. The normalized spacial score (nSPS) is 10.7. The number of ether oxygens (including phenoxy) is 2. The predicted molar refractivity (Wildman–Crippen MR) is 74.4 cm³/mol. The van der Waals surface area contributed by atoms with Crippen LogP contribution in [0.25, 0.3) is 0 Å². The van der Waals surface area contributed by atoms with Crippen molar-refractivity contribution in [2.24, 2.45) is 0 Å². The lowest BCUT2D eigenvalue weighted by atomic mass is 10.2. The largest absolute Gasteiger partial charge is 0.492 e. The fourth-order valence-electron chi connectivity index (χ4n) is 1.63. The van der Waals surface area contributed by atoms with Crippen LogP contribution in [0.2, 0.25) is 0 Å². The first kappa shape index (κ1) is 15.9. The number of aromatic nitrogens is 1. The van der Waals surface area contributed by atoms with Crippen molar-refractivity contribution >= 4 is 0 Å². The Hall–Kier alpha value is -1.17. The zero-order valence-corrected chi connectivity index (χ0v) is 11.8. The van der Waals surface area contributed by atoms with E-state index in [0.717, 1.165) is 36.5 Å². The molecule has 0 radical (unpaired) electrons. The van der Waals surface area contributed by atoms with Gasteiger partial charge >= 0.3 is 0 Å². The van der Waals surface area contributed by atoms with Crippen molar-refractivity contribution in [3.63, 3.8) is 0 Å². The minimum atomic E-state index is 0.209. The lowest BCUT2D eigenvalue weighted by Gasteiger charge is -2.12. The lowest BCUT2D eigenvalue weighted by Crippen LogP contribution is -2.20. The highest BCUT2D eigenvalue weighted by Crippen LogP contribution is 2.17. The molecule has 0 spiro atoms. The third kappa shape index (κ3) is 6.52. The van der Waals surface area contributed by atoms with Crippen LogP contribution in [-0.2, 0) is 11.3 Å². The first-order valence-electron chi connectivity index (χ1n) is 6.67. The first-order chi connectivity index (χ1) is 9.27. The molecule has 0 fully saturated rings. The summed E-state index contributed by atoms with van der Waals surface area (Å²) in [5, 5.41) is 12.0. The zero-order chi connectivity index (χ0) is 13.9. The maximum atomic E-state index is 8.73. The van der Waals surface area contributed by atoms with Gasteiger partial charge in [0.15, 0.2) is 0 Å². The first-order valence-corrected chi connectivity index (χ1v) is 6.67. The topological polar surface area (TPSA) is 63.6 Å². The highest BCUT2D eigenvalue weighted by Gasteiger charge is 2.05. The Morgan fingerprint density at radius 3 is 2.84 bits per heavy atom. The number of nitrogens with one attached hydrogen (secondary N) is 1. The second kappa shape index (κ2) is 9.72. The Kier molecular flexibility index (Phi) is 8.13. The van der Waals surface area contributed by atoms with Crippen LogP contribution in [0.3, 0.4) is 0 Å². The number of rotatable bonds is 10. The molecule has 5 heteroatoms. The van der Waals surface area contributed by atoms with Gasteiger partial charge in [-0.25, -0.2) is 0 Å². The van der Waals surface area contributed by atoms with Crippen molar-refractivity contribution in [2.45, 2.75) is 26.3 Å². The molecular formula is C14H24N2O3. The third-order valence-corrected chi connectivity index (χ3v) is 2.66. The molecular weight excluding hydrogens is 244 g/mol. The quantitative estimate of drug-likeness (QED) is 0.626. The Labute approximate surface area is 115 Å². The third-order valence-electron chi connectivity index (χ3n) is 2.66. The van der Waals surface area contributed by atoms with Gasteiger partial charge in [-0.1, -0.05) is 0 Å². The van der Waals surface area contributed by atoms with Crippen molar-refractivity contribution in [3.8, 4) is 5.75 Å². The number of hydrogen-bond donors (Lipinski definition) is 2. The summed E-state index contributed by atoms with van der Waals surface area (Å²) in [6.45, 7) is 4.92. The summed E-state index contributed by atoms with van der Waals surface area (Å²) in [6, 6.07) is 3.90. The number of hydrogen-bond acceptors (Lipinski definition) is 5. The van der Waals surface area contributed by atoms with E-state index in [4.69, 9.17) is 14.6 Å². The molecule has 2 N–H and O–H groups in total. The van der Waals surface area contributed by atoms with Gasteiger partial charge in [-0.15, -0.1) is 0 Å². The van der Waals surface area contributed by atoms with E-state index in [2.05, 4.69) is 10.3 Å². The average Bonchev–Trinajstić information content (AvgIpc) is 2.41. The molecule has 0 bridgehead atoms. The molecule has 0 unspecified atom stereocenters. The SMILES string of the molecule is COCCNCc1nc(C)ccc1OCCCCO. The summed E-state index contributed by atoms with van der Waals surface area (Å²) in [4.78, 5) is 4.49. The van der Waals surface area contributed by atoms with Crippen LogP contribution in [0.15, 0.2) is 12.1 Å². The summed E-state index contributed by atoms with van der Waals surface area (Å²) in [7, 11) is 1.68. The van der Waals surface area contributed by atoms with E-state index in [1.54, 1.807) is 7.11 Å². The predicted octanol–water partition coefficient (Wildman–Crippen LogP) is 1.28. The van der Waals surface area contributed by atoms with E-state index < -0.39 is 0 Å². The standard InChI is InChI=1S/C14H24N2O3/c1-12-5-6-14(19-9-4-3-8-17)13(16-12)11-15-7-10-18-2/h5-6,15,17H,3-4,7-11H2,1-2H3. The summed E-state index contributed by atoms with van der Waals surface area (Å²) in [5.41, 5.74) is 1.89. The second-order valence-corrected chi connectivity index (χ2v) is 4.35. The Bertz CT molecular complexity index is 359. The summed E-state index contributed by atoms with van der Waals surface area (Å²) >= 11 is 0. The molecule has 1 aromatic rings. The van der Waals surface area contributed by atoms with Gasteiger partial charge in [0.25, 0.3) is 0 Å². The molecule has 5 nitrogen and oxygen atoms in total. The van der Waals surface area contributed by atoms with E-state index in [1.807, 2.05) is 19.1 Å². The van der Waals surface area contributed by atoms with Crippen molar-refractivity contribution < 1.29 is 14.6 Å². The number of aliphatic hydroxyl groups excluding tert-OH is 1. The number of unbranched alkanes of at least 4 members (excludes halogenated alkanes) is 1. The van der Waals surface area contributed by atoms with Gasteiger partial charge in [0.1, 0.15) is 5.75 Å². The van der Waals surface area contributed by atoms with Gasteiger partial charge in [0.05, 0.1) is 18.9 Å². The summed E-state index contributed by atoms with van der Waals surface area (Å²) < 4.78 is 10.7. The molecule has 0 aromatic carbocycles. The number of aliphatic hydroxyl groups is 1. The summed E-state index contributed by atoms with van der Waals surface area (Å²) in [5.74, 6) is 0.813. The number of nitrogens with zero attached hydrogens (tertiary/aromatic N) is 1. The van der Waals surface area contributed by atoms with Crippen LogP contribution >= 0.6 is 0 Å². The molecule has 0 saturated heterocycles. The van der Waals surface area contributed by atoms with E-state index in [-0.39, 0.29) is 6.61 Å². The van der Waals surface area contributed by atoms with Crippen LogP contribution in [-0.4, -0.2) is 43.6 Å². The molecule has 0 aliphatic carbocycles. The van der Waals surface area contributed by atoms with Crippen LogP contribution in [0.4, 0.5) is 0 Å². The van der Waals surface area contributed by atoms with Crippen molar-refractivity contribution in [1.29, 1.82) is 0 Å². The van der Waals surface area contributed by atoms with E-state index >= 15 is 0 Å². The zero-order valence-electron chi connectivity index (χ0n) is 11.8. The van der Waals surface area contributed by atoms with Gasteiger partial charge in [0.2, 0.25) is 0 Å². The monoisotopic (exact) mass is 268 g/mol. The molecule has 0 aliphatic heterocycles. The van der Waals surface area contributed by atoms with Crippen LogP contribution in [0.5, 0.6) is 5.75 Å². The molecule has 1 aromatic heterocycles. The number of pyridine rings is 1. The average molecular weight is 268 g/mol. The molecule has 1 rings (SSSR count). The maximum absolute atomic E-state index is 8.73. The van der Waals surface area contributed by atoms with Gasteiger partial charge in [-0.2, -0.15) is 0 Å². The van der Waals surface area contributed by atoms with Crippen molar-refractivity contribution in [3.05, 3.63) is 23.5 Å². The molecule has 108 valence electrons. The maximum Gasteiger partial charge on any atom is 0.142 e. The Morgan fingerprint density at radius 1 is 1.26 bits per heavy atom. The molecule has 0 saturated carbocycles. The van der Waals surface area contributed by atoms with Crippen LogP contribution in [0.1, 0.15) is 24.2 Å². The van der Waals surface area contributed by atoms with Crippen LogP contribution < -0.4 is 10.1 Å². The fraction of sp³-hybridized carbons (Fsp3) is 0.643. The van der Waals surface area contributed by atoms with Crippen LogP contribution in [0, 0.1) is 6.92 Å². The number of methoxy groups -OCH3 is 1. The van der Waals surface area contributed by atoms with Gasteiger partial charge in [-0.3, -0.25) is 4.98 Å². The minimum Gasteiger partial charge on any atom is -0.492 e. The molecule has 0 amide bonds.